The van der Waals surface area contributed by atoms with Gasteiger partial charge in [0.1, 0.15) is 5.69 Å². The molecule has 0 aliphatic rings. The molecule has 0 unspecified atom stereocenters. The zero-order valence-corrected chi connectivity index (χ0v) is 8.57. The number of carbonyl (C=O) groups excluding carboxylic acids is 1. The minimum atomic E-state index is 0.106. The fraction of sp³-hybridized carbons (Fsp3) is 0. The van der Waals surface area contributed by atoms with Crippen molar-refractivity contribution < 1.29 is 9.21 Å². The third-order valence-electron chi connectivity index (χ3n) is 2.23. The first-order valence-corrected chi connectivity index (χ1v) is 4.80. The molecule has 0 amide bonds. The van der Waals surface area contributed by atoms with E-state index in [-0.39, 0.29) is 11.6 Å². The van der Waals surface area contributed by atoms with Crippen molar-refractivity contribution in [3.05, 3.63) is 30.2 Å². The van der Waals surface area contributed by atoms with Crippen molar-refractivity contribution in [3.63, 3.8) is 0 Å². The van der Waals surface area contributed by atoms with E-state index in [1.807, 2.05) is 0 Å². The zero-order chi connectivity index (χ0) is 11.8. The first-order chi connectivity index (χ1) is 8.28. The zero-order valence-electron chi connectivity index (χ0n) is 8.57. The van der Waals surface area contributed by atoms with Crippen LogP contribution in [0.3, 0.4) is 0 Å². The van der Waals surface area contributed by atoms with Gasteiger partial charge in [0, 0.05) is 6.07 Å². The lowest BCUT2D eigenvalue weighted by Gasteiger charge is -1.96. The predicted molar refractivity (Wildman–Crippen MR) is 58.3 cm³/mol. The summed E-state index contributed by atoms with van der Waals surface area (Å²) in [5.41, 5.74) is 6.33. The molecule has 7 heteroatoms. The van der Waals surface area contributed by atoms with Crippen LogP contribution >= 0.6 is 0 Å². The Balaban J connectivity index is 2.25. The molecule has 17 heavy (non-hydrogen) atoms. The summed E-state index contributed by atoms with van der Waals surface area (Å²) in [6.45, 7) is 0. The number of nitrogens with zero attached hydrogens (tertiary/aromatic N) is 4. The smallest absolute Gasteiger partial charge is 0.223 e. The number of aromatic nitrogens is 4. The van der Waals surface area contributed by atoms with Gasteiger partial charge in [0.05, 0.1) is 6.26 Å². The number of carbonyl (C=O) groups is 1. The van der Waals surface area contributed by atoms with Crippen molar-refractivity contribution >= 4 is 17.9 Å². The number of nitrogen functional groups attached to an aromatic ring is 1. The second kappa shape index (κ2) is 3.41. The van der Waals surface area contributed by atoms with Crippen molar-refractivity contribution in [2.24, 2.45) is 0 Å². The number of anilines is 1. The van der Waals surface area contributed by atoms with Crippen LogP contribution in [0.4, 0.5) is 5.95 Å². The molecular formula is C10H7N5O2. The van der Waals surface area contributed by atoms with Crippen LogP contribution in [-0.2, 0) is 0 Å². The molecule has 0 bridgehead atoms. The van der Waals surface area contributed by atoms with Crippen molar-refractivity contribution in [2.75, 3.05) is 5.73 Å². The third kappa shape index (κ3) is 1.44. The largest absolute Gasteiger partial charge is 0.461 e. The van der Waals surface area contributed by atoms with Crippen molar-refractivity contribution in [1.29, 1.82) is 0 Å². The van der Waals surface area contributed by atoms with Gasteiger partial charge in [-0.15, -0.1) is 5.10 Å². The Kier molecular flexibility index (Phi) is 1.91. The monoisotopic (exact) mass is 229 g/mol. The number of hydrogen-bond acceptors (Lipinski definition) is 6. The average Bonchev–Trinajstić information content (AvgIpc) is 2.96. The Bertz CT molecular complexity index is 686. The summed E-state index contributed by atoms with van der Waals surface area (Å²) in [5, 5.41) is 4.14. The highest BCUT2D eigenvalue weighted by Crippen LogP contribution is 2.17. The minimum Gasteiger partial charge on any atom is -0.461 e. The summed E-state index contributed by atoms with van der Waals surface area (Å²) in [7, 11) is 0. The summed E-state index contributed by atoms with van der Waals surface area (Å²) < 4.78 is 6.53. The average molecular weight is 229 g/mol. The summed E-state index contributed by atoms with van der Waals surface area (Å²) in [6, 6.07) is 4.97. The molecule has 2 N–H and O–H groups in total. The standard InChI is InChI=1S/C10H7N5O2/c11-10-12-6(5-16)4-8-13-9(14-15(8)10)7-2-1-3-17-7/h1-5H,(H2,11,12). The minimum absolute atomic E-state index is 0.106. The molecule has 0 aliphatic heterocycles. The molecule has 0 radical (unpaired) electrons. The van der Waals surface area contributed by atoms with E-state index >= 15 is 0 Å². The number of hydrogen-bond donors (Lipinski definition) is 1. The quantitative estimate of drug-likeness (QED) is 0.652. The van der Waals surface area contributed by atoms with Crippen molar-refractivity contribution in [3.8, 4) is 11.6 Å². The lowest BCUT2D eigenvalue weighted by Crippen LogP contribution is -2.04. The van der Waals surface area contributed by atoms with Crippen LogP contribution in [0.2, 0.25) is 0 Å². The number of furan rings is 1. The van der Waals surface area contributed by atoms with Crippen molar-refractivity contribution in [1.82, 2.24) is 19.6 Å². The van der Waals surface area contributed by atoms with Crippen LogP contribution in [0.5, 0.6) is 0 Å². The van der Waals surface area contributed by atoms with Crippen LogP contribution in [0, 0.1) is 0 Å². The first kappa shape index (κ1) is 9.52. The van der Waals surface area contributed by atoms with E-state index in [9.17, 15) is 4.79 Å². The third-order valence-corrected chi connectivity index (χ3v) is 2.23. The van der Waals surface area contributed by atoms with E-state index in [0.29, 0.717) is 23.5 Å². The van der Waals surface area contributed by atoms with Crippen molar-refractivity contribution in [2.45, 2.75) is 0 Å². The van der Waals surface area contributed by atoms with E-state index in [1.165, 1.54) is 16.8 Å². The molecule has 0 spiro atoms. The highest BCUT2D eigenvalue weighted by molar-refractivity contribution is 5.75. The van der Waals surface area contributed by atoms with Crippen LogP contribution in [0.1, 0.15) is 10.5 Å². The summed E-state index contributed by atoms with van der Waals surface area (Å²) >= 11 is 0. The summed E-state index contributed by atoms with van der Waals surface area (Å²) in [6.07, 6.45) is 2.14. The van der Waals surface area contributed by atoms with Gasteiger partial charge >= 0.3 is 0 Å². The molecule has 3 heterocycles. The van der Waals surface area contributed by atoms with E-state index in [1.54, 1.807) is 12.1 Å². The topological polar surface area (TPSA) is 99.3 Å². The van der Waals surface area contributed by atoms with Gasteiger partial charge in [-0.3, -0.25) is 4.79 Å². The molecule has 0 fully saturated rings. The Labute approximate surface area is 94.9 Å². The Morgan fingerprint density at radius 2 is 2.29 bits per heavy atom. The van der Waals surface area contributed by atoms with Crippen LogP contribution in [-0.4, -0.2) is 25.9 Å². The van der Waals surface area contributed by atoms with Crippen LogP contribution in [0.15, 0.2) is 28.9 Å². The fourth-order valence-electron chi connectivity index (χ4n) is 1.50. The first-order valence-electron chi connectivity index (χ1n) is 4.80. The van der Waals surface area contributed by atoms with E-state index in [2.05, 4.69) is 15.1 Å². The number of rotatable bonds is 2. The van der Waals surface area contributed by atoms with Gasteiger partial charge in [0.15, 0.2) is 17.7 Å². The SMILES string of the molecule is Nc1nc(C=O)cc2nc(-c3ccco3)nn12. The van der Waals surface area contributed by atoms with Crippen LogP contribution < -0.4 is 5.73 Å². The molecule has 3 aromatic rings. The maximum absolute atomic E-state index is 10.6. The lowest BCUT2D eigenvalue weighted by atomic mass is 10.4. The van der Waals surface area contributed by atoms with Gasteiger partial charge in [-0.25, -0.2) is 9.97 Å². The molecule has 0 aromatic carbocycles. The second-order valence-electron chi connectivity index (χ2n) is 3.34. The molecule has 3 rings (SSSR count). The molecule has 3 aromatic heterocycles. The van der Waals surface area contributed by atoms with Gasteiger partial charge < -0.3 is 10.2 Å². The van der Waals surface area contributed by atoms with Gasteiger partial charge in [0.2, 0.25) is 11.8 Å². The van der Waals surface area contributed by atoms with E-state index in [4.69, 9.17) is 10.2 Å². The van der Waals surface area contributed by atoms with E-state index < -0.39 is 0 Å². The molecule has 0 atom stereocenters. The lowest BCUT2D eigenvalue weighted by molar-refractivity contribution is 0.111. The van der Waals surface area contributed by atoms with Crippen LogP contribution in [0.25, 0.3) is 17.2 Å². The summed E-state index contributed by atoms with van der Waals surface area (Å²) in [5.74, 6) is 1.03. The highest BCUT2D eigenvalue weighted by Gasteiger charge is 2.11. The highest BCUT2D eigenvalue weighted by atomic mass is 16.3. The fourth-order valence-corrected chi connectivity index (χ4v) is 1.50. The molecule has 84 valence electrons. The molecule has 0 saturated heterocycles. The Morgan fingerprint density at radius 1 is 1.41 bits per heavy atom. The Hall–Kier alpha value is -2.70. The predicted octanol–water partition coefficient (Wildman–Crippen LogP) is 0.779. The Morgan fingerprint density at radius 3 is 3.00 bits per heavy atom. The molecule has 0 aliphatic carbocycles. The molecular weight excluding hydrogens is 222 g/mol. The molecule has 7 nitrogen and oxygen atoms in total. The number of nitrogens with two attached hydrogens (primary N) is 1. The summed E-state index contributed by atoms with van der Waals surface area (Å²) in [4.78, 5) is 18.7. The molecule has 0 saturated carbocycles. The van der Waals surface area contributed by atoms with E-state index in [0.717, 1.165) is 0 Å². The number of aldehydes is 1. The van der Waals surface area contributed by atoms with Gasteiger partial charge in [0.25, 0.3) is 0 Å². The maximum Gasteiger partial charge on any atom is 0.223 e. The van der Waals surface area contributed by atoms with Gasteiger partial charge in [-0.2, -0.15) is 4.52 Å². The maximum atomic E-state index is 10.6. The van der Waals surface area contributed by atoms with Gasteiger partial charge in [-0.05, 0) is 12.1 Å². The second-order valence-corrected chi connectivity index (χ2v) is 3.34. The van der Waals surface area contributed by atoms with Gasteiger partial charge in [-0.1, -0.05) is 0 Å². The normalized spacial score (nSPS) is 10.8. The number of fused-ring (bicyclic) bond motifs is 1.